The third-order valence-corrected chi connectivity index (χ3v) is 1.38. The first-order valence-electron chi connectivity index (χ1n) is 3.54. The summed E-state index contributed by atoms with van der Waals surface area (Å²) in [4.78, 5) is 17.8. The summed E-state index contributed by atoms with van der Waals surface area (Å²) in [5.74, 6) is 0. The number of hydrogen-bond donors (Lipinski definition) is 1. The first-order chi connectivity index (χ1) is 6.22. The van der Waals surface area contributed by atoms with Gasteiger partial charge in [-0.3, -0.25) is 4.98 Å². The van der Waals surface area contributed by atoms with Gasteiger partial charge in [-0.05, 0) is 11.6 Å². The second kappa shape index (κ2) is 4.36. The summed E-state index contributed by atoms with van der Waals surface area (Å²) in [5, 5.41) is 17.6. The Balaban J connectivity index is 2.54. The molecule has 0 unspecified atom stereocenters. The highest BCUT2D eigenvalue weighted by atomic mass is 16.9. The second-order valence-electron chi connectivity index (χ2n) is 2.31. The predicted molar refractivity (Wildman–Crippen MR) is 41.9 cm³/mol. The Morgan fingerprint density at radius 1 is 1.62 bits per heavy atom. The molecule has 0 spiro atoms. The molecular weight excluding hydrogens is 176 g/mol. The molecule has 0 aliphatic carbocycles. The highest BCUT2D eigenvalue weighted by Crippen LogP contribution is 2.01. The van der Waals surface area contributed by atoms with E-state index in [0.29, 0.717) is 11.3 Å². The van der Waals surface area contributed by atoms with Gasteiger partial charge in [-0.2, -0.15) is 0 Å². The zero-order valence-corrected chi connectivity index (χ0v) is 6.71. The summed E-state index contributed by atoms with van der Waals surface area (Å²) in [6.45, 7) is -0.262. The summed E-state index contributed by atoms with van der Waals surface area (Å²) in [7, 11) is 0. The maximum Gasteiger partial charge on any atom is 0.294 e. The van der Waals surface area contributed by atoms with E-state index < -0.39 is 5.09 Å². The molecule has 0 saturated heterocycles. The molecule has 0 bridgehead atoms. The van der Waals surface area contributed by atoms with E-state index in [0.717, 1.165) is 0 Å². The van der Waals surface area contributed by atoms with Gasteiger partial charge in [0.05, 0.1) is 12.3 Å². The van der Waals surface area contributed by atoms with Gasteiger partial charge in [-0.25, -0.2) is 0 Å². The minimum absolute atomic E-state index is 0.119. The van der Waals surface area contributed by atoms with Crippen LogP contribution in [0.4, 0.5) is 0 Å². The van der Waals surface area contributed by atoms with Gasteiger partial charge in [0.1, 0.15) is 6.61 Å². The van der Waals surface area contributed by atoms with E-state index in [9.17, 15) is 10.1 Å². The first-order valence-corrected chi connectivity index (χ1v) is 3.54. The fraction of sp³-hybridized carbons (Fsp3) is 0.286. The minimum Gasteiger partial charge on any atom is -0.390 e. The maximum absolute atomic E-state index is 9.82. The number of aliphatic hydroxyl groups excluding tert-OH is 1. The number of pyridine rings is 1. The molecule has 1 aromatic heterocycles. The van der Waals surface area contributed by atoms with Crippen molar-refractivity contribution in [3.63, 3.8) is 0 Å². The van der Waals surface area contributed by atoms with Gasteiger partial charge in [-0.15, -0.1) is 10.1 Å². The topological polar surface area (TPSA) is 85.5 Å². The van der Waals surface area contributed by atoms with Crippen molar-refractivity contribution in [1.29, 1.82) is 0 Å². The van der Waals surface area contributed by atoms with Crippen LogP contribution < -0.4 is 0 Å². The van der Waals surface area contributed by atoms with Gasteiger partial charge in [0.2, 0.25) is 0 Å². The van der Waals surface area contributed by atoms with Crippen molar-refractivity contribution in [2.75, 3.05) is 0 Å². The smallest absolute Gasteiger partial charge is 0.294 e. The van der Waals surface area contributed by atoms with Crippen LogP contribution in [0, 0.1) is 10.1 Å². The van der Waals surface area contributed by atoms with Crippen LogP contribution in [0.2, 0.25) is 0 Å². The molecule has 0 fully saturated rings. The van der Waals surface area contributed by atoms with Gasteiger partial charge >= 0.3 is 0 Å². The van der Waals surface area contributed by atoms with Crippen molar-refractivity contribution in [3.05, 3.63) is 39.7 Å². The van der Waals surface area contributed by atoms with E-state index in [2.05, 4.69) is 9.82 Å². The molecule has 0 saturated carbocycles. The van der Waals surface area contributed by atoms with Gasteiger partial charge in [0.25, 0.3) is 5.09 Å². The molecule has 0 aliphatic heterocycles. The fourth-order valence-corrected chi connectivity index (χ4v) is 0.761. The molecule has 0 aromatic carbocycles. The largest absolute Gasteiger partial charge is 0.390 e. The number of aromatic nitrogens is 1. The monoisotopic (exact) mass is 184 g/mol. The first kappa shape index (κ1) is 9.40. The maximum atomic E-state index is 9.82. The van der Waals surface area contributed by atoms with Crippen LogP contribution >= 0.6 is 0 Å². The molecule has 1 aromatic rings. The Kier molecular flexibility index (Phi) is 3.15. The molecular formula is C7H8N2O4. The highest BCUT2D eigenvalue weighted by molar-refractivity contribution is 5.12. The van der Waals surface area contributed by atoms with Crippen molar-refractivity contribution in [3.8, 4) is 0 Å². The summed E-state index contributed by atoms with van der Waals surface area (Å²) in [6.07, 6.45) is 1.43. The minimum atomic E-state index is -0.861. The van der Waals surface area contributed by atoms with Crippen LogP contribution in [-0.2, 0) is 18.1 Å². The molecule has 0 amide bonds. The third kappa shape index (κ3) is 3.04. The van der Waals surface area contributed by atoms with Gasteiger partial charge in [0, 0.05) is 6.20 Å². The van der Waals surface area contributed by atoms with Crippen LogP contribution in [0.3, 0.4) is 0 Å². The predicted octanol–water partition coefficient (Wildman–Crippen LogP) is 0.282. The zero-order valence-electron chi connectivity index (χ0n) is 6.71. The quantitative estimate of drug-likeness (QED) is 0.536. The molecule has 1 heterocycles. The van der Waals surface area contributed by atoms with E-state index in [1.807, 2.05) is 0 Å². The van der Waals surface area contributed by atoms with Crippen molar-refractivity contribution in [2.45, 2.75) is 13.2 Å². The highest BCUT2D eigenvalue weighted by Gasteiger charge is 1.98. The van der Waals surface area contributed by atoms with Crippen molar-refractivity contribution >= 4 is 0 Å². The number of rotatable bonds is 4. The zero-order chi connectivity index (χ0) is 9.68. The molecule has 6 nitrogen and oxygen atoms in total. The molecule has 0 radical (unpaired) electrons. The molecule has 70 valence electrons. The molecule has 1 rings (SSSR count). The SMILES string of the molecule is O=[N+]([O-])OCc1ccc(CO)nc1. The van der Waals surface area contributed by atoms with Crippen molar-refractivity contribution in [1.82, 2.24) is 4.98 Å². The Morgan fingerprint density at radius 2 is 2.38 bits per heavy atom. The van der Waals surface area contributed by atoms with Crippen molar-refractivity contribution in [2.24, 2.45) is 0 Å². The lowest BCUT2D eigenvalue weighted by Gasteiger charge is -1.99. The fourth-order valence-electron chi connectivity index (χ4n) is 0.761. The Morgan fingerprint density at radius 3 is 2.85 bits per heavy atom. The Bertz CT molecular complexity index is 285. The average molecular weight is 184 g/mol. The molecule has 0 aliphatic rings. The lowest BCUT2D eigenvalue weighted by atomic mass is 10.3. The molecule has 13 heavy (non-hydrogen) atoms. The molecule has 1 N–H and O–H groups in total. The molecule has 0 atom stereocenters. The van der Waals surface area contributed by atoms with E-state index in [-0.39, 0.29) is 13.2 Å². The lowest BCUT2D eigenvalue weighted by molar-refractivity contribution is -0.763. The van der Waals surface area contributed by atoms with Crippen LogP contribution in [0.5, 0.6) is 0 Å². The van der Waals surface area contributed by atoms with E-state index >= 15 is 0 Å². The van der Waals surface area contributed by atoms with Crippen LogP contribution in [0.25, 0.3) is 0 Å². The second-order valence-corrected chi connectivity index (χ2v) is 2.31. The number of aliphatic hydroxyl groups is 1. The normalized spacial score (nSPS) is 9.62. The average Bonchev–Trinajstić information content (AvgIpc) is 2.15. The summed E-state index contributed by atoms with van der Waals surface area (Å²) >= 11 is 0. The number of hydrogen-bond acceptors (Lipinski definition) is 5. The van der Waals surface area contributed by atoms with Crippen LogP contribution in [0.15, 0.2) is 18.3 Å². The van der Waals surface area contributed by atoms with E-state index in [4.69, 9.17) is 5.11 Å². The van der Waals surface area contributed by atoms with E-state index in [1.165, 1.54) is 6.20 Å². The Labute approximate surface area is 73.9 Å². The standard InChI is InChI=1S/C7H8N2O4/c10-4-7-2-1-6(3-8-7)5-13-9(11)12/h1-3,10H,4-5H2. The van der Waals surface area contributed by atoms with Crippen molar-refractivity contribution < 1.29 is 15.0 Å². The van der Waals surface area contributed by atoms with Gasteiger partial charge in [-0.1, -0.05) is 6.07 Å². The van der Waals surface area contributed by atoms with Gasteiger partial charge in [0.15, 0.2) is 0 Å². The summed E-state index contributed by atoms with van der Waals surface area (Å²) in [5.41, 5.74) is 1.11. The van der Waals surface area contributed by atoms with Gasteiger partial charge < -0.3 is 9.94 Å². The number of nitrogens with zero attached hydrogens (tertiary/aromatic N) is 2. The van der Waals surface area contributed by atoms with Crippen LogP contribution in [0.1, 0.15) is 11.3 Å². The van der Waals surface area contributed by atoms with Crippen LogP contribution in [-0.4, -0.2) is 15.2 Å². The summed E-state index contributed by atoms with van der Waals surface area (Å²) in [6, 6.07) is 3.20. The van der Waals surface area contributed by atoms with E-state index in [1.54, 1.807) is 12.1 Å². The summed E-state index contributed by atoms with van der Waals surface area (Å²) < 4.78 is 0. The lowest BCUT2D eigenvalue weighted by Crippen LogP contribution is -2.01. The Hall–Kier alpha value is -1.69. The molecule has 6 heteroatoms. The third-order valence-electron chi connectivity index (χ3n) is 1.38.